The van der Waals surface area contributed by atoms with Crippen LogP contribution in [0.25, 0.3) is 0 Å². The first kappa shape index (κ1) is 11.2. The molecule has 1 aliphatic heterocycles. The number of carbonyl (C=O) groups is 1. The molecule has 0 aromatic carbocycles. The van der Waals surface area contributed by atoms with E-state index in [0.717, 1.165) is 6.42 Å². The van der Waals surface area contributed by atoms with Crippen molar-refractivity contribution in [1.29, 1.82) is 5.26 Å². The summed E-state index contributed by atoms with van der Waals surface area (Å²) in [5, 5.41) is 8.60. The number of nitrogens with zero attached hydrogens (tertiary/aromatic N) is 2. The molecule has 0 aromatic rings. The molecule has 78 valence electrons. The first-order valence-corrected chi connectivity index (χ1v) is 6.17. The van der Waals surface area contributed by atoms with Gasteiger partial charge in [0.2, 0.25) is 5.91 Å². The average Bonchev–Trinajstić information content (AvgIpc) is 2.40. The summed E-state index contributed by atoms with van der Waals surface area (Å²) in [7, 11) is -0.787. The predicted molar refractivity (Wildman–Crippen MR) is 53.9 cm³/mol. The predicted octanol–water partition coefficient (Wildman–Crippen LogP) is 0.127. The Hall–Kier alpha value is -0.890. The maximum Gasteiger partial charge on any atom is 0.239 e. The number of nitriles is 1. The highest BCUT2D eigenvalue weighted by atomic mass is 32.2. The summed E-state index contributed by atoms with van der Waals surface area (Å²) < 4.78 is 11.2. The molecule has 1 rings (SSSR count). The van der Waals surface area contributed by atoms with Crippen molar-refractivity contribution in [3.63, 3.8) is 0 Å². The molecule has 14 heavy (non-hydrogen) atoms. The molecule has 0 radical (unpaired) electrons. The fourth-order valence-corrected chi connectivity index (χ4v) is 2.47. The van der Waals surface area contributed by atoms with Crippen molar-refractivity contribution >= 4 is 16.7 Å². The minimum atomic E-state index is -0.787. The van der Waals surface area contributed by atoms with Gasteiger partial charge in [-0.25, -0.2) is 0 Å². The van der Waals surface area contributed by atoms with Gasteiger partial charge in [-0.2, -0.15) is 5.26 Å². The molecule has 5 heteroatoms. The number of rotatable bonds is 1. The van der Waals surface area contributed by atoms with E-state index >= 15 is 0 Å². The van der Waals surface area contributed by atoms with E-state index in [-0.39, 0.29) is 5.91 Å². The smallest absolute Gasteiger partial charge is 0.239 e. The van der Waals surface area contributed by atoms with Crippen LogP contribution in [0.5, 0.6) is 0 Å². The summed E-state index contributed by atoms with van der Waals surface area (Å²) in [6.45, 7) is 2.76. The lowest BCUT2D eigenvalue weighted by atomic mass is 10.2. The summed E-state index contributed by atoms with van der Waals surface area (Å²) in [6, 6.07) is 1.93. The van der Waals surface area contributed by atoms with Crippen LogP contribution in [0, 0.1) is 17.2 Å². The molecular formula is C9H14N2O2S. The largest absolute Gasteiger partial charge is 0.341 e. The van der Waals surface area contributed by atoms with Gasteiger partial charge in [-0.05, 0) is 13.3 Å². The van der Waals surface area contributed by atoms with Gasteiger partial charge in [0.15, 0.2) is 0 Å². The van der Waals surface area contributed by atoms with Crippen LogP contribution in [0.1, 0.15) is 13.3 Å². The summed E-state index contributed by atoms with van der Waals surface area (Å²) in [6.07, 6.45) is 0.774. The minimum Gasteiger partial charge on any atom is -0.341 e. The molecule has 1 amide bonds. The van der Waals surface area contributed by atoms with Gasteiger partial charge in [0.25, 0.3) is 0 Å². The van der Waals surface area contributed by atoms with Crippen LogP contribution in [0.15, 0.2) is 0 Å². The molecule has 1 heterocycles. The van der Waals surface area contributed by atoms with E-state index in [0.29, 0.717) is 24.6 Å². The Morgan fingerprint density at radius 1 is 1.50 bits per heavy atom. The molecule has 0 spiro atoms. The van der Waals surface area contributed by atoms with Crippen LogP contribution in [-0.2, 0) is 15.6 Å². The third-order valence-corrected chi connectivity index (χ3v) is 3.65. The van der Waals surface area contributed by atoms with Crippen molar-refractivity contribution in [1.82, 2.24) is 4.90 Å². The molecule has 1 saturated heterocycles. The van der Waals surface area contributed by atoms with Gasteiger partial charge in [0.05, 0.1) is 6.07 Å². The monoisotopic (exact) mass is 214 g/mol. The van der Waals surface area contributed by atoms with E-state index in [1.54, 1.807) is 11.8 Å². The molecular weight excluding hydrogens is 200 g/mol. The Kier molecular flexibility index (Phi) is 4.08. The lowest BCUT2D eigenvalue weighted by Gasteiger charge is -2.20. The second-order valence-electron chi connectivity index (χ2n) is 3.38. The van der Waals surface area contributed by atoms with E-state index in [4.69, 9.17) is 5.26 Å². The average molecular weight is 214 g/mol. The van der Waals surface area contributed by atoms with Crippen molar-refractivity contribution in [3.05, 3.63) is 0 Å². The van der Waals surface area contributed by atoms with E-state index in [1.165, 1.54) is 0 Å². The minimum absolute atomic E-state index is 0.133. The lowest BCUT2D eigenvalue weighted by Crippen LogP contribution is -2.36. The second kappa shape index (κ2) is 5.11. The van der Waals surface area contributed by atoms with E-state index in [9.17, 15) is 9.00 Å². The molecule has 0 N–H and O–H groups in total. The normalized spacial score (nSPS) is 24.9. The van der Waals surface area contributed by atoms with Crippen molar-refractivity contribution < 1.29 is 9.00 Å². The van der Waals surface area contributed by atoms with Gasteiger partial charge < -0.3 is 4.90 Å². The maximum absolute atomic E-state index is 11.6. The zero-order valence-electron chi connectivity index (χ0n) is 8.23. The number of carbonyl (C=O) groups excluding carboxylic acids is 1. The summed E-state index contributed by atoms with van der Waals surface area (Å²) in [5.74, 6) is 0.502. The Bertz CT molecular complexity index is 285. The second-order valence-corrected chi connectivity index (χ2v) is 5.07. The van der Waals surface area contributed by atoms with Crippen molar-refractivity contribution in [3.8, 4) is 6.07 Å². The fraction of sp³-hybridized carbons (Fsp3) is 0.778. The van der Waals surface area contributed by atoms with Crippen LogP contribution >= 0.6 is 0 Å². The first-order chi connectivity index (χ1) is 6.65. The van der Waals surface area contributed by atoms with Crippen LogP contribution in [0.4, 0.5) is 0 Å². The van der Waals surface area contributed by atoms with Gasteiger partial charge in [-0.3, -0.25) is 9.00 Å². The molecule has 4 nitrogen and oxygen atoms in total. The Balaban J connectivity index is 2.56. The van der Waals surface area contributed by atoms with Gasteiger partial charge >= 0.3 is 0 Å². The van der Waals surface area contributed by atoms with Crippen molar-refractivity contribution in [2.24, 2.45) is 5.92 Å². The molecule has 1 fully saturated rings. The number of amides is 1. The molecule has 2 unspecified atom stereocenters. The molecule has 0 saturated carbocycles. The van der Waals surface area contributed by atoms with E-state index in [2.05, 4.69) is 0 Å². The van der Waals surface area contributed by atoms with Crippen molar-refractivity contribution in [2.45, 2.75) is 13.3 Å². The zero-order chi connectivity index (χ0) is 10.6. The highest BCUT2D eigenvalue weighted by Gasteiger charge is 2.22. The van der Waals surface area contributed by atoms with Crippen molar-refractivity contribution in [2.75, 3.05) is 24.6 Å². The Morgan fingerprint density at radius 3 is 2.86 bits per heavy atom. The van der Waals surface area contributed by atoms with Crippen LogP contribution in [-0.4, -0.2) is 39.6 Å². The molecule has 0 bridgehead atoms. The topological polar surface area (TPSA) is 61.2 Å². The van der Waals surface area contributed by atoms with Gasteiger partial charge in [0.1, 0.15) is 5.92 Å². The quantitative estimate of drug-likeness (QED) is 0.623. The third-order valence-electron chi connectivity index (χ3n) is 2.26. The summed E-state index contributed by atoms with van der Waals surface area (Å²) >= 11 is 0. The van der Waals surface area contributed by atoms with Crippen LogP contribution in [0.3, 0.4) is 0 Å². The molecule has 0 aromatic heterocycles. The number of hydrogen-bond donors (Lipinski definition) is 0. The fourth-order valence-electron chi connectivity index (χ4n) is 1.39. The molecule has 2 atom stereocenters. The Labute approximate surface area is 86.3 Å². The lowest BCUT2D eigenvalue weighted by molar-refractivity contribution is -0.133. The molecule has 1 aliphatic rings. The van der Waals surface area contributed by atoms with E-state index < -0.39 is 16.7 Å². The van der Waals surface area contributed by atoms with Crippen LogP contribution < -0.4 is 0 Å². The van der Waals surface area contributed by atoms with Crippen LogP contribution in [0.2, 0.25) is 0 Å². The van der Waals surface area contributed by atoms with E-state index in [1.807, 2.05) is 6.07 Å². The summed E-state index contributed by atoms with van der Waals surface area (Å²) in [4.78, 5) is 13.2. The zero-order valence-corrected chi connectivity index (χ0v) is 9.05. The van der Waals surface area contributed by atoms with Gasteiger partial charge in [-0.15, -0.1) is 0 Å². The number of hydrogen-bond acceptors (Lipinski definition) is 3. The first-order valence-electron chi connectivity index (χ1n) is 4.68. The summed E-state index contributed by atoms with van der Waals surface area (Å²) in [5.41, 5.74) is 0. The third kappa shape index (κ3) is 2.81. The van der Waals surface area contributed by atoms with Gasteiger partial charge in [0, 0.05) is 35.4 Å². The SMILES string of the molecule is CC(C#N)C(=O)N1CCCS(=O)CC1. The highest BCUT2D eigenvalue weighted by Crippen LogP contribution is 2.06. The van der Waals surface area contributed by atoms with Gasteiger partial charge in [-0.1, -0.05) is 0 Å². The maximum atomic E-state index is 11.6. The Morgan fingerprint density at radius 2 is 2.21 bits per heavy atom. The highest BCUT2D eigenvalue weighted by molar-refractivity contribution is 7.85. The molecule has 0 aliphatic carbocycles. The standard InChI is InChI=1S/C9H14N2O2S/c1-8(7-10)9(12)11-3-2-5-14(13)6-4-11/h8H,2-6H2,1H3.